The Kier molecular flexibility index (Phi) is 4.18. The molecule has 0 spiro atoms. The number of aromatic nitrogens is 1. The van der Waals surface area contributed by atoms with Crippen LogP contribution in [0.5, 0.6) is 0 Å². The van der Waals surface area contributed by atoms with E-state index in [2.05, 4.69) is 9.71 Å². The quantitative estimate of drug-likeness (QED) is 0.865. The minimum absolute atomic E-state index is 0.0423. The maximum Gasteiger partial charge on any atom is 0.144 e. The van der Waals surface area contributed by atoms with E-state index in [-0.39, 0.29) is 16.6 Å². The summed E-state index contributed by atoms with van der Waals surface area (Å²) in [5.74, 6) is 0.166. The number of hydrogen-bond donors (Lipinski definition) is 1. The lowest BCUT2D eigenvalue weighted by Crippen LogP contribution is -2.42. The Labute approximate surface area is 117 Å². The third kappa shape index (κ3) is 3.68. The minimum atomic E-state index is -1.14. The van der Waals surface area contributed by atoms with Crippen LogP contribution in [0.1, 0.15) is 51.0 Å². The molecule has 1 aromatic rings. The van der Waals surface area contributed by atoms with Crippen LogP contribution in [0.4, 0.5) is 4.39 Å². The van der Waals surface area contributed by atoms with Crippen molar-refractivity contribution in [3.63, 3.8) is 0 Å². The van der Waals surface area contributed by atoms with Crippen LogP contribution in [0.15, 0.2) is 12.1 Å². The predicted octanol–water partition coefficient (Wildman–Crippen LogP) is 3.03. The van der Waals surface area contributed by atoms with Gasteiger partial charge in [-0.1, -0.05) is 0 Å². The lowest BCUT2D eigenvalue weighted by molar-refractivity contribution is 0.495. The van der Waals surface area contributed by atoms with Crippen molar-refractivity contribution < 1.29 is 8.94 Å². The molecule has 0 bridgehead atoms. The van der Waals surface area contributed by atoms with E-state index in [0.717, 1.165) is 18.5 Å². The molecule has 1 unspecified atom stereocenters. The predicted molar refractivity (Wildman–Crippen MR) is 75.4 cm³/mol. The van der Waals surface area contributed by atoms with Gasteiger partial charge in [-0.3, -0.25) is 4.98 Å². The molecular weight excluding hydrogens is 263 g/mol. The number of rotatable bonds is 4. The third-order valence-electron chi connectivity index (χ3n) is 3.25. The topological polar surface area (TPSA) is 48.0 Å². The molecular formula is C14H21FN2OS. The lowest BCUT2D eigenvalue weighted by Gasteiger charge is -2.27. The standard InChI is InChI=1S/C14H21FN2OS/c1-9-11(15)7-8-12(16-9)13(10-5-6-10)17-19(18)14(2,3)4/h7-8,10,13,17H,5-6H2,1-4H3/t13?,19-/m0/s1. The Bertz CT molecular complexity index is 457. The van der Waals surface area contributed by atoms with E-state index >= 15 is 0 Å². The number of pyridine rings is 1. The van der Waals surface area contributed by atoms with Crippen molar-refractivity contribution in [1.29, 1.82) is 0 Å². The van der Waals surface area contributed by atoms with Crippen molar-refractivity contribution in [2.45, 2.75) is 51.3 Å². The van der Waals surface area contributed by atoms with E-state index in [1.165, 1.54) is 6.07 Å². The van der Waals surface area contributed by atoms with Gasteiger partial charge in [0.05, 0.1) is 17.4 Å². The number of halogens is 1. The molecule has 0 radical (unpaired) electrons. The third-order valence-corrected chi connectivity index (χ3v) is 4.83. The molecule has 0 saturated heterocycles. The molecule has 1 aromatic heterocycles. The van der Waals surface area contributed by atoms with Gasteiger partial charge in [0.2, 0.25) is 0 Å². The van der Waals surface area contributed by atoms with Gasteiger partial charge >= 0.3 is 0 Å². The van der Waals surface area contributed by atoms with Gasteiger partial charge in [0.1, 0.15) is 10.6 Å². The summed E-state index contributed by atoms with van der Waals surface area (Å²) in [5.41, 5.74) is 1.19. The molecule has 1 saturated carbocycles. The molecule has 3 nitrogen and oxygen atoms in total. The Morgan fingerprint density at radius 2 is 2.05 bits per heavy atom. The molecule has 2 atom stereocenters. The van der Waals surface area contributed by atoms with E-state index < -0.39 is 11.4 Å². The molecule has 106 valence electrons. The SMILES string of the molecule is Cc1nc(C(N[S@@+]([O-])C(C)(C)C)C2CC2)ccc1F. The molecule has 1 heterocycles. The Balaban J connectivity index is 2.18. The van der Waals surface area contributed by atoms with Crippen LogP contribution in [0.25, 0.3) is 0 Å². The van der Waals surface area contributed by atoms with Crippen molar-refractivity contribution in [2.75, 3.05) is 0 Å². The molecule has 1 fully saturated rings. The molecule has 1 N–H and O–H groups in total. The normalized spacial score (nSPS) is 19.3. The monoisotopic (exact) mass is 284 g/mol. The van der Waals surface area contributed by atoms with Gasteiger partial charge < -0.3 is 4.55 Å². The fraction of sp³-hybridized carbons (Fsp3) is 0.643. The average molecular weight is 284 g/mol. The second kappa shape index (κ2) is 5.38. The van der Waals surface area contributed by atoms with E-state index in [0.29, 0.717) is 11.6 Å². The maximum absolute atomic E-state index is 13.3. The number of aryl methyl sites for hydroxylation is 1. The summed E-state index contributed by atoms with van der Waals surface area (Å²) in [6.07, 6.45) is 2.22. The molecule has 1 aliphatic carbocycles. The van der Waals surface area contributed by atoms with Crippen LogP contribution in [-0.4, -0.2) is 14.3 Å². The van der Waals surface area contributed by atoms with Crippen molar-refractivity contribution in [3.8, 4) is 0 Å². The van der Waals surface area contributed by atoms with Crippen LogP contribution >= 0.6 is 0 Å². The summed E-state index contributed by atoms with van der Waals surface area (Å²) >= 11 is -1.14. The van der Waals surface area contributed by atoms with Gasteiger partial charge in [-0.2, -0.15) is 0 Å². The van der Waals surface area contributed by atoms with Gasteiger partial charge in [-0.25, -0.2) is 4.39 Å². The summed E-state index contributed by atoms with van der Waals surface area (Å²) in [6.45, 7) is 7.46. The molecule has 2 rings (SSSR count). The zero-order valence-corrected chi connectivity index (χ0v) is 12.7. The Hall–Kier alpha value is -0.650. The molecule has 0 amide bonds. The number of nitrogens with one attached hydrogen (secondary N) is 1. The fourth-order valence-corrected chi connectivity index (χ4v) is 2.75. The highest BCUT2D eigenvalue weighted by Gasteiger charge is 2.39. The van der Waals surface area contributed by atoms with Gasteiger partial charge in [0.25, 0.3) is 0 Å². The zero-order chi connectivity index (χ0) is 14.2. The first-order valence-electron chi connectivity index (χ1n) is 6.60. The molecule has 5 heteroatoms. The van der Waals surface area contributed by atoms with E-state index in [1.807, 2.05) is 20.8 Å². The summed E-state index contributed by atoms with van der Waals surface area (Å²) in [6, 6.07) is 3.09. The van der Waals surface area contributed by atoms with Crippen LogP contribution in [0, 0.1) is 18.7 Å². The summed E-state index contributed by atoms with van der Waals surface area (Å²) < 4.78 is 28.4. The van der Waals surface area contributed by atoms with Crippen LogP contribution in [0.2, 0.25) is 0 Å². The van der Waals surface area contributed by atoms with E-state index in [4.69, 9.17) is 0 Å². The van der Waals surface area contributed by atoms with Crippen LogP contribution in [-0.2, 0) is 11.4 Å². The highest BCUT2D eigenvalue weighted by atomic mass is 32.2. The lowest BCUT2D eigenvalue weighted by atomic mass is 10.1. The number of nitrogens with zero attached hydrogens (tertiary/aromatic N) is 1. The Morgan fingerprint density at radius 1 is 1.42 bits per heavy atom. The summed E-state index contributed by atoms with van der Waals surface area (Å²) in [7, 11) is 0. The van der Waals surface area contributed by atoms with Crippen molar-refractivity contribution in [1.82, 2.24) is 9.71 Å². The largest absolute Gasteiger partial charge is 0.598 e. The molecule has 1 aliphatic rings. The second-order valence-electron chi connectivity index (χ2n) is 6.12. The van der Waals surface area contributed by atoms with Crippen LogP contribution < -0.4 is 4.72 Å². The van der Waals surface area contributed by atoms with Gasteiger partial charge in [-0.05, 0) is 58.6 Å². The summed E-state index contributed by atoms with van der Waals surface area (Å²) in [5, 5.41) is 0. The summed E-state index contributed by atoms with van der Waals surface area (Å²) in [4.78, 5) is 4.30. The Morgan fingerprint density at radius 3 is 2.53 bits per heavy atom. The van der Waals surface area contributed by atoms with Crippen molar-refractivity contribution in [3.05, 3.63) is 29.3 Å². The van der Waals surface area contributed by atoms with Gasteiger partial charge in [0.15, 0.2) is 0 Å². The second-order valence-corrected chi connectivity index (χ2v) is 8.12. The van der Waals surface area contributed by atoms with Crippen molar-refractivity contribution in [2.24, 2.45) is 5.92 Å². The maximum atomic E-state index is 13.3. The highest BCUT2D eigenvalue weighted by molar-refractivity contribution is 7.90. The van der Waals surface area contributed by atoms with Crippen molar-refractivity contribution >= 4 is 11.4 Å². The van der Waals surface area contributed by atoms with E-state index in [9.17, 15) is 8.94 Å². The molecule has 19 heavy (non-hydrogen) atoms. The smallest absolute Gasteiger partial charge is 0.144 e. The minimum Gasteiger partial charge on any atom is -0.598 e. The molecule has 0 aromatic carbocycles. The first kappa shape index (κ1) is 14.8. The number of hydrogen-bond acceptors (Lipinski definition) is 3. The van der Waals surface area contributed by atoms with Gasteiger partial charge in [-0.15, -0.1) is 4.72 Å². The highest BCUT2D eigenvalue weighted by Crippen LogP contribution is 2.41. The first-order valence-corrected chi connectivity index (χ1v) is 7.75. The van der Waals surface area contributed by atoms with E-state index in [1.54, 1.807) is 13.0 Å². The zero-order valence-electron chi connectivity index (χ0n) is 11.9. The van der Waals surface area contributed by atoms with Crippen LogP contribution in [0.3, 0.4) is 0 Å². The van der Waals surface area contributed by atoms with Gasteiger partial charge in [0, 0.05) is 11.4 Å². The fourth-order valence-electron chi connectivity index (χ4n) is 1.86. The molecule has 0 aliphatic heterocycles. The first-order chi connectivity index (χ1) is 8.79. The average Bonchev–Trinajstić information content (AvgIpc) is 3.12.